The molecule has 160 valence electrons. The topological polar surface area (TPSA) is 94.8 Å². The first-order valence-electron chi connectivity index (χ1n) is 10.2. The molecule has 0 heterocycles. The zero-order chi connectivity index (χ0) is 21.6. The first kappa shape index (κ1) is 20.8. The molecule has 0 spiro atoms. The standard InChI is InChI=1S/C22H28F2O5/c1-11-6-13-14-8-16(23)15-7-12(26)4-5-19(15,2)21(14,24)17(27)9-20(13,3)22(11,29)18(28)10-25/h4-5,7,11,13-14,16-17,25,27,29H,6,8-10H2,1-3H3/t11?,13-,14-,16-,17-,19-,20-,21-,22-/m0/s1. The minimum absolute atomic E-state index is 0.0409. The van der Waals surface area contributed by atoms with Gasteiger partial charge in [0, 0.05) is 16.7 Å². The maximum atomic E-state index is 16.9. The van der Waals surface area contributed by atoms with Gasteiger partial charge in [-0.1, -0.05) is 19.9 Å². The molecule has 1 unspecified atom stereocenters. The molecule has 4 rings (SSSR count). The number of hydrogen-bond acceptors (Lipinski definition) is 5. The fraction of sp³-hybridized carbons (Fsp3) is 0.727. The SMILES string of the molecule is CC1C[C@H]2[C@@H]3C[C@H](F)C4=CC(=O)C=C[C@]4(C)[C@@]3(F)[C@@H](O)C[C@]2(C)[C@@]1(O)C(=O)CO. The summed E-state index contributed by atoms with van der Waals surface area (Å²) in [6, 6.07) is 0. The normalized spacial score (nSPS) is 53.7. The Morgan fingerprint density at radius 3 is 2.55 bits per heavy atom. The van der Waals surface area contributed by atoms with E-state index in [1.165, 1.54) is 19.1 Å². The Morgan fingerprint density at radius 2 is 1.93 bits per heavy atom. The van der Waals surface area contributed by atoms with E-state index in [1.807, 2.05) is 0 Å². The van der Waals surface area contributed by atoms with Gasteiger partial charge in [-0.2, -0.15) is 0 Å². The number of Topliss-reactive ketones (excluding diaryl/α,β-unsaturated/α-hetero) is 1. The minimum atomic E-state index is -2.24. The van der Waals surface area contributed by atoms with Gasteiger partial charge >= 0.3 is 0 Å². The van der Waals surface area contributed by atoms with E-state index in [-0.39, 0.29) is 24.8 Å². The first-order valence-corrected chi connectivity index (χ1v) is 10.2. The number of halogens is 2. The third-order valence-corrected chi connectivity index (χ3v) is 8.78. The summed E-state index contributed by atoms with van der Waals surface area (Å²) in [5.41, 5.74) is -6.81. The van der Waals surface area contributed by atoms with E-state index in [0.717, 1.165) is 6.08 Å². The lowest BCUT2D eigenvalue weighted by molar-refractivity contribution is -0.223. The Labute approximate surface area is 168 Å². The van der Waals surface area contributed by atoms with Gasteiger partial charge in [-0.15, -0.1) is 0 Å². The second-order valence-electron chi connectivity index (χ2n) is 9.84. The zero-order valence-corrected chi connectivity index (χ0v) is 16.9. The third kappa shape index (κ3) is 2.19. The van der Waals surface area contributed by atoms with E-state index >= 15 is 8.78 Å². The van der Waals surface area contributed by atoms with Crippen molar-refractivity contribution in [2.24, 2.45) is 28.6 Å². The van der Waals surface area contributed by atoms with Gasteiger partial charge < -0.3 is 15.3 Å². The average molecular weight is 410 g/mol. The maximum Gasteiger partial charge on any atom is 0.190 e. The van der Waals surface area contributed by atoms with Gasteiger partial charge in [0.15, 0.2) is 17.2 Å². The minimum Gasteiger partial charge on any atom is -0.390 e. The van der Waals surface area contributed by atoms with Crippen molar-refractivity contribution in [2.75, 3.05) is 6.61 Å². The summed E-state index contributed by atoms with van der Waals surface area (Å²) in [4.78, 5) is 24.3. The van der Waals surface area contributed by atoms with Crippen LogP contribution in [0.3, 0.4) is 0 Å². The smallest absolute Gasteiger partial charge is 0.190 e. The monoisotopic (exact) mass is 410 g/mol. The second-order valence-corrected chi connectivity index (χ2v) is 9.84. The van der Waals surface area contributed by atoms with Crippen LogP contribution < -0.4 is 0 Å². The average Bonchev–Trinajstić information content (AvgIpc) is 2.86. The van der Waals surface area contributed by atoms with Gasteiger partial charge in [-0.3, -0.25) is 9.59 Å². The van der Waals surface area contributed by atoms with E-state index in [2.05, 4.69) is 0 Å². The summed E-state index contributed by atoms with van der Waals surface area (Å²) in [6.45, 7) is 3.96. The van der Waals surface area contributed by atoms with Gasteiger partial charge in [0.2, 0.25) is 0 Å². The molecule has 3 saturated carbocycles. The molecule has 0 aromatic rings. The van der Waals surface area contributed by atoms with Crippen molar-refractivity contribution in [3.05, 3.63) is 23.8 Å². The summed E-state index contributed by atoms with van der Waals surface area (Å²) < 4.78 is 32.1. The Morgan fingerprint density at radius 1 is 1.28 bits per heavy atom. The van der Waals surface area contributed by atoms with Crippen LogP contribution in [0, 0.1) is 28.6 Å². The number of fused-ring (bicyclic) bond motifs is 5. The fourth-order valence-corrected chi connectivity index (χ4v) is 7.25. The number of carbonyl (C=O) groups is 2. The van der Waals surface area contributed by atoms with Crippen molar-refractivity contribution in [1.29, 1.82) is 0 Å². The van der Waals surface area contributed by atoms with Crippen LogP contribution in [0.15, 0.2) is 23.8 Å². The highest BCUT2D eigenvalue weighted by Gasteiger charge is 2.76. The molecule has 0 amide bonds. The lowest BCUT2D eigenvalue weighted by atomic mass is 9.44. The van der Waals surface area contributed by atoms with Crippen LogP contribution in [-0.4, -0.2) is 57.0 Å². The highest BCUT2D eigenvalue weighted by Crippen LogP contribution is 2.70. The van der Waals surface area contributed by atoms with Gasteiger partial charge in [-0.25, -0.2) is 8.78 Å². The highest BCUT2D eigenvalue weighted by atomic mass is 19.1. The Hall–Kier alpha value is -1.44. The van der Waals surface area contributed by atoms with E-state index < -0.39 is 70.3 Å². The number of ketones is 2. The molecule has 5 nitrogen and oxygen atoms in total. The predicted octanol–water partition coefficient (Wildman–Crippen LogP) is 1.84. The molecular formula is C22H28F2O5. The molecule has 7 heteroatoms. The molecule has 0 radical (unpaired) electrons. The molecule has 0 aromatic carbocycles. The number of allylic oxidation sites excluding steroid dienone is 4. The first-order chi connectivity index (χ1) is 13.4. The summed E-state index contributed by atoms with van der Waals surface area (Å²) in [5.74, 6) is -3.24. The van der Waals surface area contributed by atoms with Gasteiger partial charge in [0.05, 0.1) is 6.10 Å². The molecule has 9 atom stereocenters. The number of hydrogen-bond donors (Lipinski definition) is 3. The number of alkyl halides is 2. The van der Waals surface area contributed by atoms with Crippen molar-refractivity contribution in [3.8, 4) is 0 Å². The largest absolute Gasteiger partial charge is 0.390 e. The molecule has 4 aliphatic rings. The van der Waals surface area contributed by atoms with Crippen LogP contribution in [0.2, 0.25) is 0 Å². The Bertz CT molecular complexity index is 839. The van der Waals surface area contributed by atoms with E-state index in [0.29, 0.717) is 0 Å². The third-order valence-electron chi connectivity index (χ3n) is 8.78. The van der Waals surface area contributed by atoms with Crippen LogP contribution in [0.4, 0.5) is 8.78 Å². The van der Waals surface area contributed by atoms with Crippen molar-refractivity contribution in [1.82, 2.24) is 0 Å². The van der Waals surface area contributed by atoms with Gasteiger partial charge in [-0.05, 0) is 55.7 Å². The molecular weight excluding hydrogens is 382 g/mol. The van der Waals surface area contributed by atoms with Gasteiger partial charge in [0.25, 0.3) is 0 Å². The van der Waals surface area contributed by atoms with Crippen LogP contribution >= 0.6 is 0 Å². The Kier molecular flexibility index (Phi) is 4.34. The molecule has 3 fully saturated rings. The van der Waals surface area contributed by atoms with E-state index in [1.54, 1.807) is 13.8 Å². The summed E-state index contributed by atoms with van der Waals surface area (Å²) in [6.07, 6.45) is 0.427. The summed E-state index contributed by atoms with van der Waals surface area (Å²) in [5, 5.41) is 31.9. The van der Waals surface area contributed by atoms with E-state index in [9.17, 15) is 24.9 Å². The Balaban J connectivity index is 1.87. The lowest BCUT2D eigenvalue weighted by Gasteiger charge is -2.63. The number of carbonyl (C=O) groups excluding carboxylic acids is 2. The zero-order valence-electron chi connectivity index (χ0n) is 16.9. The molecule has 0 saturated heterocycles. The predicted molar refractivity (Wildman–Crippen MR) is 100 cm³/mol. The van der Waals surface area contributed by atoms with Crippen molar-refractivity contribution in [2.45, 2.75) is 63.6 Å². The van der Waals surface area contributed by atoms with Crippen molar-refractivity contribution >= 4 is 11.6 Å². The maximum absolute atomic E-state index is 16.9. The van der Waals surface area contributed by atoms with Crippen LogP contribution in [0.25, 0.3) is 0 Å². The molecule has 4 aliphatic carbocycles. The molecule has 0 aromatic heterocycles. The van der Waals surface area contributed by atoms with E-state index in [4.69, 9.17) is 0 Å². The molecule has 0 aliphatic heterocycles. The van der Waals surface area contributed by atoms with Crippen molar-refractivity contribution < 1.29 is 33.7 Å². The second kappa shape index (κ2) is 6.05. The molecule has 3 N–H and O–H groups in total. The fourth-order valence-electron chi connectivity index (χ4n) is 7.25. The lowest BCUT2D eigenvalue weighted by Crippen LogP contribution is -2.70. The molecule has 0 bridgehead atoms. The van der Waals surface area contributed by atoms with Gasteiger partial charge in [0.1, 0.15) is 18.4 Å². The van der Waals surface area contributed by atoms with Crippen LogP contribution in [0.1, 0.15) is 40.0 Å². The number of rotatable bonds is 2. The summed E-state index contributed by atoms with van der Waals surface area (Å²) in [7, 11) is 0. The highest BCUT2D eigenvalue weighted by molar-refractivity contribution is 6.01. The van der Waals surface area contributed by atoms with Crippen LogP contribution in [-0.2, 0) is 9.59 Å². The van der Waals surface area contributed by atoms with Crippen molar-refractivity contribution in [3.63, 3.8) is 0 Å². The van der Waals surface area contributed by atoms with Crippen LogP contribution in [0.5, 0.6) is 0 Å². The number of aliphatic hydroxyl groups excluding tert-OH is 2. The quantitative estimate of drug-likeness (QED) is 0.646. The number of aliphatic hydroxyl groups is 3. The summed E-state index contributed by atoms with van der Waals surface area (Å²) >= 11 is 0. The molecule has 29 heavy (non-hydrogen) atoms.